The molecule has 0 unspecified atom stereocenters. The molecule has 0 fully saturated rings. The zero-order valence-corrected chi connectivity index (χ0v) is 19.9. The molecule has 0 amide bonds. The van der Waals surface area contributed by atoms with Gasteiger partial charge in [0.1, 0.15) is 11.5 Å². The molecule has 2 N–H and O–H groups in total. The topological polar surface area (TPSA) is 53.4 Å². The summed E-state index contributed by atoms with van der Waals surface area (Å²) < 4.78 is 1.83. The molecule has 2 rings (SSSR count). The predicted octanol–water partition coefficient (Wildman–Crippen LogP) is 8.11. The van der Waals surface area contributed by atoms with Gasteiger partial charge in [0, 0.05) is 0 Å². The van der Waals surface area contributed by atoms with Crippen LogP contribution in [0.1, 0.15) is 76.7 Å². The number of phenols is 2. The lowest BCUT2D eigenvalue weighted by Crippen LogP contribution is -1.89. The van der Waals surface area contributed by atoms with Gasteiger partial charge in [-0.05, 0) is 41.3 Å². The van der Waals surface area contributed by atoms with Crippen LogP contribution in [0.3, 0.4) is 0 Å². The van der Waals surface area contributed by atoms with Crippen molar-refractivity contribution in [3.05, 3.63) is 23.9 Å². The van der Waals surface area contributed by atoms with Crippen LogP contribution in [0.25, 0.3) is 0 Å². The molecule has 0 radical (unpaired) electrons. The van der Waals surface area contributed by atoms with Crippen LogP contribution in [0.15, 0.2) is 31.8 Å². The summed E-state index contributed by atoms with van der Waals surface area (Å²) in [6, 6.07) is 3.37. The van der Waals surface area contributed by atoms with E-state index >= 15 is 0 Å². The minimum absolute atomic E-state index is 0.221. The van der Waals surface area contributed by atoms with Crippen LogP contribution >= 0.6 is 45.6 Å². The van der Waals surface area contributed by atoms with E-state index in [1.807, 2.05) is 0 Å². The van der Waals surface area contributed by atoms with Gasteiger partial charge in [0.2, 0.25) is 0 Å². The first-order valence-electron chi connectivity index (χ1n) is 10.1. The monoisotopic (exact) mass is 457 g/mol. The number of nitrogens with zero attached hydrogens (tertiary/aromatic N) is 1. The van der Waals surface area contributed by atoms with E-state index in [2.05, 4.69) is 23.6 Å². The highest BCUT2D eigenvalue weighted by atomic mass is 33.1. The summed E-state index contributed by atoms with van der Waals surface area (Å²) in [4.78, 5) is 4.89. The SMILES string of the molecule is CCCCCCCCCCCCc1cc(O)c(Sc2cnc(SS)s2)cc1O. The molecule has 0 saturated carbocycles. The first-order chi connectivity index (χ1) is 13.6. The average Bonchev–Trinajstić information content (AvgIpc) is 3.14. The molecular formula is C21H31NO2S4. The Morgan fingerprint density at radius 1 is 0.929 bits per heavy atom. The van der Waals surface area contributed by atoms with Crippen LogP contribution in [0.4, 0.5) is 0 Å². The smallest absolute Gasteiger partial charge is 0.161 e. The third kappa shape index (κ3) is 8.47. The van der Waals surface area contributed by atoms with Gasteiger partial charge in [0.15, 0.2) is 4.34 Å². The number of phenolic OH excluding ortho intramolecular Hbond substituents is 2. The minimum atomic E-state index is 0.221. The Balaban J connectivity index is 1.70. The van der Waals surface area contributed by atoms with Crippen LogP contribution in [-0.4, -0.2) is 15.2 Å². The third-order valence-corrected chi connectivity index (χ3v) is 8.30. The summed E-state index contributed by atoms with van der Waals surface area (Å²) >= 11 is 7.08. The van der Waals surface area contributed by atoms with Gasteiger partial charge in [-0.15, -0.1) is 23.0 Å². The van der Waals surface area contributed by atoms with Gasteiger partial charge in [-0.3, -0.25) is 0 Å². The summed E-state index contributed by atoms with van der Waals surface area (Å²) in [5.41, 5.74) is 0.831. The fourth-order valence-electron chi connectivity index (χ4n) is 3.13. The number of thiol groups is 1. The number of aromatic hydroxyl groups is 2. The van der Waals surface area contributed by atoms with Crippen LogP contribution < -0.4 is 0 Å². The van der Waals surface area contributed by atoms with Crippen molar-refractivity contribution in [2.24, 2.45) is 0 Å². The second-order valence-electron chi connectivity index (χ2n) is 7.02. The Morgan fingerprint density at radius 3 is 2.18 bits per heavy atom. The van der Waals surface area contributed by atoms with Gasteiger partial charge in [0.25, 0.3) is 0 Å². The van der Waals surface area contributed by atoms with Gasteiger partial charge in [-0.25, -0.2) is 4.98 Å². The lowest BCUT2D eigenvalue weighted by molar-refractivity contribution is 0.442. The van der Waals surface area contributed by atoms with Gasteiger partial charge in [-0.2, -0.15) is 0 Å². The number of unbranched alkanes of at least 4 members (excludes halogenated alkanes) is 9. The highest BCUT2D eigenvalue weighted by molar-refractivity contribution is 8.69. The molecule has 28 heavy (non-hydrogen) atoms. The lowest BCUT2D eigenvalue weighted by atomic mass is 10.0. The molecular weight excluding hydrogens is 427 g/mol. The Hall–Kier alpha value is -0.500. The molecule has 0 saturated heterocycles. The van der Waals surface area contributed by atoms with E-state index in [-0.39, 0.29) is 11.5 Å². The van der Waals surface area contributed by atoms with Crippen LogP contribution in [0, 0.1) is 0 Å². The first kappa shape index (κ1) is 23.8. The van der Waals surface area contributed by atoms with Crippen LogP contribution in [0.5, 0.6) is 11.5 Å². The fraction of sp³-hybridized carbons (Fsp3) is 0.571. The molecule has 0 aliphatic heterocycles. The van der Waals surface area contributed by atoms with E-state index in [0.29, 0.717) is 4.90 Å². The van der Waals surface area contributed by atoms with E-state index in [0.717, 1.165) is 27.0 Å². The molecule has 0 aliphatic carbocycles. The Morgan fingerprint density at radius 2 is 1.57 bits per heavy atom. The summed E-state index contributed by atoms with van der Waals surface area (Å²) in [6.07, 6.45) is 15.5. The van der Waals surface area contributed by atoms with Crippen molar-refractivity contribution in [2.75, 3.05) is 0 Å². The molecule has 1 aromatic heterocycles. The molecule has 3 nitrogen and oxygen atoms in total. The van der Waals surface area contributed by atoms with Crippen molar-refractivity contribution in [1.82, 2.24) is 4.98 Å². The summed E-state index contributed by atoms with van der Waals surface area (Å²) in [6.45, 7) is 2.25. The predicted molar refractivity (Wildman–Crippen MR) is 126 cm³/mol. The Labute approximate surface area is 186 Å². The van der Waals surface area contributed by atoms with Gasteiger partial charge in [0.05, 0.1) is 15.3 Å². The van der Waals surface area contributed by atoms with Crippen molar-refractivity contribution >= 4 is 45.6 Å². The normalized spacial score (nSPS) is 11.2. The number of aromatic nitrogens is 1. The van der Waals surface area contributed by atoms with Gasteiger partial charge in [-0.1, -0.05) is 76.5 Å². The molecule has 0 spiro atoms. The average molecular weight is 458 g/mol. The quantitative estimate of drug-likeness (QED) is 0.116. The number of hydrogen-bond acceptors (Lipinski definition) is 7. The molecule has 2 aromatic rings. The summed E-state index contributed by atoms with van der Waals surface area (Å²) in [5.74, 6) is 0.489. The standard InChI is InChI=1S/C21H31NO2S4/c1-2-3-4-5-6-7-8-9-10-11-12-16-13-18(24)19(14-17(16)23)26-20-15-22-21(27-20)28-25/h13-15,23-25H,2-12H2,1H3. The number of rotatable bonds is 14. The zero-order valence-electron chi connectivity index (χ0n) is 16.5. The highest BCUT2D eigenvalue weighted by Gasteiger charge is 2.12. The molecule has 7 heteroatoms. The zero-order chi connectivity index (χ0) is 20.2. The summed E-state index contributed by atoms with van der Waals surface area (Å²) in [5, 5.41) is 20.7. The lowest BCUT2D eigenvalue weighted by Gasteiger charge is -2.09. The first-order valence-corrected chi connectivity index (χ1v) is 13.6. The highest BCUT2D eigenvalue weighted by Crippen LogP contribution is 2.42. The molecule has 0 aliphatic rings. The maximum absolute atomic E-state index is 10.3. The van der Waals surface area contributed by atoms with Gasteiger partial charge < -0.3 is 10.2 Å². The molecule has 0 bridgehead atoms. The van der Waals surface area contributed by atoms with E-state index in [1.165, 1.54) is 91.7 Å². The van der Waals surface area contributed by atoms with E-state index < -0.39 is 0 Å². The van der Waals surface area contributed by atoms with Crippen molar-refractivity contribution in [1.29, 1.82) is 0 Å². The summed E-state index contributed by atoms with van der Waals surface area (Å²) in [7, 11) is 1.31. The number of hydrogen-bond donors (Lipinski definition) is 3. The minimum Gasteiger partial charge on any atom is -0.508 e. The van der Waals surface area contributed by atoms with E-state index in [1.54, 1.807) is 18.3 Å². The number of thiazole rings is 1. The molecule has 0 atom stereocenters. The Bertz CT molecular complexity index is 706. The molecule has 156 valence electrons. The number of benzene rings is 1. The van der Waals surface area contributed by atoms with Crippen molar-refractivity contribution in [2.45, 2.75) is 91.0 Å². The van der Waals surface area contributed by atoms with Crippen molar-refractivity contribution in [3.63, 3.8) is 0 Å². The third-order valence-electron chi connectivity index (χ3n) is 4.71. The second-order valence-corrected chi connectivity index (χ2v) is 10.8. The fourth-order valence-corrected chi connectivity index (χ4v) is 5.99. The number of aryl methyl sites for hydroxylation is 1. The maximum atomic E-state index is 10.3. The Kier molecular flexibility index (Phi) is 11.6. The van der Waals surface area contributed by atoms with E-state index in [4.69, 9.17) is 0 Å². The van der Waals surface area contributed by atoms with E-state index in [9.17, 15) is 10.2 Å². The molecule has 1 aromatic carbocycles. The van der Waals surface area contributed by atoms with Crippen LogP contribution in [0.2, 0.25) is 0 Å². The largest absolute Gasteiger partial charge is 0.508 e. The van der Waals surface area contributed by atoms with Gasteiger partial charge >= 0.3 is 0 Å². The van der Waals surface area contributed by atoms with Crippen LogP contribution in [-0.2, 0) is 6.42 Å². The van der Waals surface area contributed by atoms with Crippen molar-refractivity contribution < 1.29 is 10.2 Å². The maximum Gasteiger partial charge on any atom is 0.161 e. The second kappa shape index (κ2) is 13.7. The van der Waals surface area contributed by atoms with Crippen molar-refractivity contribution in [3.8, 4) is 11.5 Å². The molecule has 1 heterocycles.